The maximum Gasteiger partial charge on any atom is 0.308 e. The van der Waals surface area contributed by atoms with Crippen molar-refractivity contribution in [3.05, 3.63) is 0 Å². The Bertz CT molecular complexity index is 300. The lowest BCUT2D eigenvalue weighted by atomic mass is 9.93. The molecule has 3 unspecified atom stereocenters. The summed E-state index contributed by atoms with van der Waals surface area (Å²) in [6, 6.07) is 0. The van der Waals surface area contributed by atoms with Crippen LogP contribution >= 0.6 is 0 Å². The lowest BCUT2D eigenvalue weighted by Gasteiger charge is -2.14. The van der Waals surface area contributed by atoms with Crippen molar-refractivity contribution in [2.45, 2.75) is 19.8 Å². The third-order valence-corrected chi connectivity index (χ3v) is 4.20. The number of carbonyl (C=O) groups is 2. The Kier molecular flexibility index (Phi) is 2.91. The second-order valence-electron chi connectivity index (χ2n) is 4.91. The second-order valence-corrected chi connectivity index (χ2v) is 4.91. The molecule has 3 atom stereocenters. The standard InChI is InChI=1S/C12H18O4/c1-6(11(13)15-2)10-8-4-7(5-9(8)10)12(14)16-3/h6-10H,4-5H2,1-3H3. The Balaban J connectivity index is 1.87. The van der Waals surface area contributed by atoms with Gasteiger partial charge in [0.05, 0.1) is 26.1 Å². The van der Waals surface area contributed by atoms with Gasteiger partial charge in [-0.25, -0.2) is 0 Å². The first-order chi connectivity index (χ1) is 7.60. The highest BCUT2D eigenvalue weighted by Gasteiger charge is 2.60. The van der Waals surface area contributed by atoms with Gasteiger partial charge < -0.3 is 9.47 Å². The van der Waals surface area contributed by atoms with Gasteiger partial charge in [0.2, 0.25) is 0 Å². The molecular weight excluding hydrogens is 208 g/mol. The van der Waals surface area contributed by atoms with Gasteiger partial charge in [0, 0.05) is 0 Å². The lowest BCUT2D eigenvalue weighted by molar-refractivity contribution is -0.146. The fourth-order valence-electron chi connectivity index (χ4n) is 3.34. The second kappa shape index (κ2) is 4.07. The third kappa shape index (κ3) is 1.70. The number of hydrogen-bond acceptors (Lipinski definition) is 4. The van der Waals surface area contributed by atoms with Crippen LogP contribution in [0.5, 0.6) is 0 Å². The van der Waals surface area contributed by atoms with E-state index in [-0.39, 0.29) is 23.8 Å². The van der Waals surface area contributed by atoms with Gasteiger partial charge in [-0.05, 0) is 30.6 Å². The molecule has 0 heterocycles. The third-order valence-electron chi connectivity index (χ3n) is 4.20. The van der Waals surface area contributed by atoms with Gasteiger partial charge in [-0.1, -0.05) is 6.92 Å². The summed E-state index contributed by atoms with van der Waals surface area (Å²) < 4.78 is 9.48. The van der Waals surface area contributed by atoms with Gasteiger partial charge in [0.25, 0.3) is 0 Å². The minimum absolute atomic E-state index is 0.0291. The summed E-state index contributed by atoms with van der Waals surface area (Å²) in [4.78, 5) is 22.7. The summed E-state index contributed by atoms with van der Waals surface area (Å²) in [6.45, 7) is 1.92. The number of carbonyl (C=O) groups excluding carboxylic acids is 2. The van der Waals surface area contributed by atoms with E-state index in [0.29, 0.717) is 17.8 Å². The van der Waals surface area contributed by atoms with Crippen molar-refractivity contribution in [3.63, 3.8) is 0 Å². The van der Waals surface area contributed by atoms with E-state index in [9.17, 15) is 9.59 Å². The molecule has 0 aromatic carbocycles. The van der Waals surface area contributed by atoms with E-state index >= 15 is 0 Å². The summed E-state index contributed by atoms with van der Waals surface area (Å²) in [5, 5.41) is 0. The van der Waals surface area contributed by atoms with Crippen molar-refractivity contribution in [3.8, 4) is 0 Å². The molecule has 0 spiro atoms. The topological polar surface area (TPSA) is 52.6 Å². The van der Waals surface area contributed by atoms with Gasteiger partial charge in [-0.3, -0.25) is 9.59 Å². The van der Waals surface area contributed by atoms with Gasteiger partial charge in [-0.15, -0.1) is 0 Å². The highest BCUT2D eigenvalue weighted by atomic mass is 16.5. The molecule has 0 bridgehead atoms. The molecule has 2 saturated carbocycles. The Morgan fingerprint density at radius 2 is 1.69 bits per heavy atom. The monoisotopic (exact) mass is 226 g/mol. The summed E-state index contributed by atoms with van der Waals surface area (Å²) in [5.41, 5.74) is 0. The van der Waals surface area contributed by atoms with Crippen LogP contribution in [0, 0.1) is 29.6 Å². The first-order valence-corrected chi connectivity index (χ1v) is 5.75. The first kappa shape index (κ1) is 11.4. The fourth-order valence-corrected chi connectivity index (χ4v) is 3.34. The van der Waals surface area contributed by atoms with E-state index < -0.39 is 0 Å². The smallest absolute Gasteiger partial charge is 0.308 e. The zero-order valence-electron chi connectivity index (χ0n) is 9.93. The number of fused-ring (bicyclic) bond motifs is 1. The quantitative estimate of drug-likeness (QED) is 0.679. The van der Waals surface area contributed by atoms with Crippen LogP contribution in [0.25, 0.3) is 0 Å². The lowest BCUT2D eigenvalue weighted by Crippen LogP contribution is -2.21. The molecule has 0 radical (unpaired) electrons. The molecule has 4 heteroatoms. The molecule has 0 aromatic heterocycles. The van der Waals surface area contributed by atoms with E-state index in [2.05, 4.69) is 0 Å². The van der Waals surface area contributed by atoms with Gasteiger partial charge in [0.1, 0.15) is 0 Å². The van der Waals surface area contributed by atoms with E-state index in [4.69, 9.17) is 9.47 Å². The molecule has 0 amide bonds. The van der Waals surface area contributed by atoms with Crippen molar-refractivity contribution in [1.29, 1.82) is 0 Å². The maximum absolute atomic E-state index is 11.4. The van der Waals surface area contributed by atoms with Crippen LogP contribution in [0.4, 0.5) is 0 Å². The van der Waals surface area contributed by atoms with E-state index in [1.807, 2.05) is 6.92 Å². The normalized spacial score (nSPS) is 37.4. The predicted octanol–water partition coefficient (Wildman–Crippen LogP) is 1.24. The molecule has 0 aliphatic heterocycles. The zero-order chi connectivity index (χ0) is 11.9. The maximum atomic E-state index is 11.4. The Hall–Kier alpha value is -1.06. The average molecular weight is 226 g/mol. The van der Waals surface area contributed by atoms with Crippen LogP contribution < -0.4 is 0 Å². The molecule has 2 rings (SSSR count). The van der Waals surface area contributed by atoms with E-state index in [1.165, 1.54) is 14.2 Å². The number of methoxy groups -OCH3 is 2. The summed E-state index contributed by atoms with van der Waals surface area (Å²) in [5.74, 6) is 1.27. The zero-order valence-corrected chi connectivity index (χ0v) is 9.93. The Morgan fingerprint density at radius 1 is 1.12 bits per heavy atom. The van der Waals surface area contributed by atoms with E-state index in [0.717, 1.165) is 12.8 Å². The number of rotatable bonds is 3. The molecule has 4 nitrogen and oxygen atoms in total. The van der Waals surface area contributed by atoms with Crippen LogP contribution in [-0.2, 0) is 19.1 Å². The summed E-state index contributed by atoms with van der Waals surface area (Å²) >= 11 is 0. The molecule has 2 aliphatic rings. The number of esters is 2. The Morgan fingerprint density at radius 3 is 2.12 bits per heavy atom. The summed E-state index contributed by atoms with van der Waals surface area (Å²) in [7, 11) is 2.86. The van der Waals surface area contributed by atoms with Gasteiger partial charge >= 0.3 is 11.9 Å². The van der Waals surface area contributed by atoms with Crippen LogP contribution in [0.1, 0.15) is 19.8 Å². The number of ether oxygens (including phenoxy) is 2. The molecule has 0 aromatic rings. The van der Waals surface area contributed by atoms with Crippen molar-refractivity contribution < 1.29 is 19.1 Å². The molecule has 0 N–H and O–H groups in total. The van der Waals surface area contributed by atoms with Crippen molar-refractivity contribution in [1.82, 2.24) is 0 Å². The van der Waals surface area contributed by atoms with Crippen LogP contribution in [-0.4, -0.2) is 26.2 Å². The number of hydrogen-bond donors (Lipinski definition) is 0. The fraction of sp³-hybridized carbons (Fsp3) is 0.833. The van der Waals surface area contributed by atoms with Crippen molar-refractivity contribution in [2.24, 2.45) is 29.6 Å². The minimum atomic E-state index is -0.131. The van der Waals surface area contributed by atoms with E-state index in [1.54, 1.807) is 0 Å². The van der Waals surface area contributed by atoms with Crippen LogP contribution in [0.3, 0.4) is 0 Å². The molecular formula is C12H18O4. The molecule has 16 heavy (non-hydrogen) atoms. The highest BCUT2D eigenvalue weighted by molar-refractivity contribution is 5.74. The molecule has 0 saturated heterocycles. The molecule has 90 valence electrons. The molecule has 2 fully saturated rings. The largest absolute Gasteiger partial charge is 0.469 e. The minimum Gasteiger partial charge on any atom is -0.469 e. The van der Waals surface area contributed by atoms with Crippen molar-refractivity contribution >= 4 is 11.9 Å². The summed E-state index contributed by atoms with van der Waals surface area (Å²) in [6.07, 6.45) is 1.76. The van der Waals surface area contributed by atoms with Gasteiger partial charge in [0.15, 0.2) is 0 Å². The predicted molar refractivity (Wildman–Crippen MR) is 56.4 cm³/mol. The average Bonchev–Trinajstić information content (AvgIpc) is 2.80. The van der Waals surface area contributed by atoms with Crippen LogP contribution in [0.2, 0.25) is 0 Å². The highest BCUT2D eigenvalue weighted by Crippen LogP contribution is 2.62. The first-order valence-electron chi connectivity index (χ1n) is 5.75. The van der Waals surface area contributed by atoms with Crippen molar-refractivity contribution in [2.75, 3.05) is 14.2 Å². The Labute approximate surface area is 95.3 Å². The van der Waals surface area contributed by atoms with Gasteiger partial charge in [-0.2, -0.15) is 0 Å². The molecule has 2 aliphatic carbocycles. The van der Waals surface area contributed by atoms with Crippen LogP contribution in [0.15, 0.2) is 0 Å². The SMILES string of the molecule is COC(=O)C1CC2C(C1)C2C(C)C(=O)OC.